The van der Waals surface area contributed by atoms with Crippen molar-refractivity contribution < 1.29 is 4.52 Å². The van der Waals surface area contributed by atoms with Gasteiger partial charge in [0.05, 0.1) is 6.20 Å². The van der Waals surface area contributed by atoms with Gasteiger partial charge in [0.1, 0.15) is 0 Å². The van der Waals surface area contributed by atoms with Crippen LogP contribution in [-0.4, -0.2) is 30.3 Å². The third-order valence-electron chi connectivity index (χ3n) is 3.42. The standard InChI is InChI=1S/C10H15N3O/c1-3-10(11-5-1)4-7-13(8-10)9-2-6-12-14-9/h2,6,11H,1,3-5,7-8H2. The molecule has 3 rings (SSSR count). The van der Waals surface area contributed by atoms with Gasteiger partial charge in [-0.3, -0.25) is 0 Å². The van der Waals surface area contributed by atoms with Gasteiger partial charge in [0.25, 0.3) is 0 Å². The highest BCUT2D eigenvalue weighted by Gasteiger charge is 2.40. The molecule has 1 unspecified atom stereocenters. The zero-order chi connectivity index (χ0) is 9.43. The van der Waals surface area contributed by atoms with Crippen LogP contribution in [0.25, 0.3) is 0 Å². The molecule has 14 heavy (non-hydrogen) atoms. The summed E-state index contributed by atoms with van der Waals surface area (Å²) in [6.07, 6.45) is 5.55. The molecule has 1 N–H and O–H groups in total. The van der Waals surface area contributed by atoms with Gasteiger partial charge in [0.2, 0.25) is 5.88 Å². The SMILES string of the molecule is c1cc(N2CCC3(CCCN3)C2)on1. The maximum absolute atomic E-state index is 5.17. The summed E-state index contributed by atoms with van der Waals surface area (Å²) in [5.74, 6) is 0.913. The third kappa shape index (κ3) is 1.21. The summed E-state index contributed by atoms with van der Waals surface area (Å²) in [6, 6.07) is 1.94. The minimum atomic E-state index is 0.368. The molecule has 4 heteroatoms. The Labute approximate surface area is 83.2 Å². The molecule has 2 fully saturated rings. The lowest BCUT2D eigenvalue weighted by molar-refractivity contribution is 0.402. The van der Waals surface area contributed by atoms with E-state index in [9.17, 15) is 0 Å². The van der Waals surface area contributed by atoms with E-state index in [0.29, 0.717) is 5.54 Å². The van der Waals surface area contributed by atoms with Crippen molar-refractivity contribution in [1.82, 2.24) is 10.5 Å². The van der Waals surface area contributed by atoms with Gasteiger partial charge in [0, 0.05) is 24.7 Å². The van der Waals surface area contributed by atoms with Crippen LogP contribution in [0.2, 0.25) is 0 Å². The fraction of sp³-hybridized carbons (Fsp3) is 0.700. The summed E-state index contributed by atoms with van der Waals surface area (Å²) in [7, 11) is 0. The van der Waals surface area contributed by atoms with Gasteiger partial charge in [-0.25, -0.2) is 0 Å². The van der Waals surface area contributed by atoms with E-state index < -0.39 is 0 Å². The fourth-order valence-corrected chi connectivity index (χ4v) is 2.65. The van der Waals surface area contributed by atoms with Crippen LogP contribution in [0, 0.1) is 0 Å². The van der Waals surface area contributed by atoms with Gasteiger partial charge in [-0.15, -0.1) is 0 Å². The van der Waals surface area contributed by atoms with Crippen LogP contribution in [0.5, 0.6) is 0 Å². The monoisotopic (exact) mass is 193 g/mol. The van der Waals surface area contributed by atoms with Crippen LogP contribution in [0.15, 0.2) is 16.8 Å². The van der Waals surface area contributed by atoms with E-state index in [0.717, 1.165) is 19.0 Å². The average molecular weight is 193 g/mol. The number of rotatable bonds is 1. The molecule has 4 nitrogen and oxygen atoms in total. The average Bonchev–Trinajstić information content (AvgIpc) is 2.91. The molecule has 0 aromatic carbocycles. The topological polar surface area (TPSA) is 41.3 Å². The number of nitrogens with one attached hydrogen (secondary N) is 1. The summed E-state index contributed by atoms with van der Waals surface area (Å²) in [5, 5.41) is 7.36. The van der Waals surface area contributed by atoms with Gasteiger partial charge < -0.3 is 14.7 Å². The smallest absolute Gasteiger partial charge is 0.227 e. The first-order valence-electron chi connectivity index (χ1n) is 5.29. The van der Waals surface area contributed by atoms with Crippen LogP contribution in [-0.2, 0) is 0 Å². The number of hydrogen-bond acceptors (Lipinski definition) is 4. The summed E-state index contributed by atoms with van der Waals surface area (Å²) in [4.78, 5) is 2.28. The maximum atomic E-state index is 5.17. The van der Waals surface area contributed by atoms with Gasteiger partial charge in [-0.05, 0) is 25.8 Å². The van der Waals surface area contributed by atoms with Gasteiger partial charge >= 0.3 is 0 Å². The van der Waals surface area contributed by atoms with E-state index in [1.807, 2.05) is 6.07 Å². The Morgan fingerprint density at radius 3 is 3.21 bits per heavy atom. The van der Waals surface area contributed by atoms with Crippen LogP contribution in [0.3, 0.4) is 0 Å². The Bertz CT molecular complexity index is 303. The van der Waals surface area contributed by atoms with E-state index in [1.54, 1.807) is 6.20 Å². The van der Waals surface area contributed by atoms with Gasteiger partial charge in [-0.2, -0.15) is 0 Å². The van der Waals surface area contributed by atoms with Crippen LogP contribution in [0.1, 0.15) is 19.3 Å². The molecule has 0 radical (unpaired) electrons. The number of hydrogen-bond donors (Lipinski definition) is 1. The summed E-state index contributed by atoms with van der Waals surface area (Å²) >= 11 is 0. The van der Waals surface area contributed by atoms with Crippen molar-refractivity contribution in [2.45, 2.75) is 24.8 Å². The first kappa shape index (κ1) is 8.29. The Morgan fingerprint density at radius 1 is 1.50 bits per heavy atom. The maximum Gasteiger partial charge on any atom is 0.227 e. The van der Waals surface area contributed by atoms with E-state index in [2.05, 4.69) is 15.4 Å². The Hall–Kier alpha value is -1.03. The van der Waals surface area contributed by atoms with Crippen LogP contribution in [0.4, 0.5) is 5.88 Å². The first-order valence-corrected chi connectivity index (χ1v) is 5.29. The molecule has 1 atom stereocenters. The quantitative estimate of drug-likeness (QED) is 0.722. The molecule has 76 valence electrons. The van der Waals surface area contributed by atoms with Gasteiger partial charge in [-0.1, -0.05) is 5.16 Å². The molecule has 2 aliphatic heterocycles. The highest BCUT2D eigenvalue weighted by Crippen LogP contribution is 2.32. The van der Waals surface area contributed by atoms with Crippen LogP contribution >= 0.6 is 0 Å². The second kappa shape index (κ2) is 2.98. The highest BCUT2D eigenvalue weighted by atomic mass is 16.5. The molecule has 2 saturated heterocycles. The minimum Gasteiger partial charge on any atom is -0.339 e. The molecular weight excluding hydrogens is 178 g/mol. The molecule has 0 bridgehead atoms. The molecule has 1 spiro atoms. The Balaban J connectivity index is 1.75. The zero-order valence-corrected chi connectivity index (χ0v) is 8.20. The van der Waals surface area contributed by atoms with E-state index in [1.165, 1.54) is 25.8 Å². The second-order valence-corrected chi connectivity index (χ2v) is 4.33. The molecule has 1 aromatic rings. The van der Waals surface area contributed by atoms with Crippen molar-refractivity contribution in [3.05, 3.63) is 12.3 Å². The summed E-state index contributed by atoms with van der Waals surface area (Å²) in [6.45, 7) is 3.33. The fourth-order valence-electron chi connectivity index (χ4n) is 2.65. The lowest BCUT2D eigenvalue weighted by atomic mass is 9.97. The number of aromatic nitrogens is 1. The molecule has 1 aromatic heterocycles. The van der Waals surface area contributed by atoms with Gasteiger partial charge in [0.15, 0.2) is 0 Å². The van der Waals surface area contributed by atoms with Crippen molar-refractivity contribution in [3.63, 3.8) is 0 Å². The van der Waals surface area contributed by atoms with Crippen molar-refractivity contribution in [3.8, 4) is 0 Å². The van der Waals surface area contributed by atoms with E-state index >= 15 is 0 Å². The largest absolute Gasteiger partial charge is 0.339 e. The number of anilines is 1. The van der Waals surface area contributed by atoms with Crippen molar-refractivity contribution in [1.29, 1.82) is 0 Å². The molecule has 0 saturated carbocycles. The predicted octanol–water partition coefficient (Wildman–Crippen LogP) is 1.01. The Kier molecular flexibility index (Phi) is 1.77. The molecule has 3 heterocycles. The number of nitrogens with zero attached hydrogens (tertiary/aromatic N) is 2. The Morgan fingerprint density at radius 2 is 2.50 bits per heavy atom. The normalized spacial score (nSPS) is 31.9. The van der Waals surface area contributed by atoms with E-state index in [-0.39, 0.29) is 0 Å². The van der Waals surface area contributed by atoms with Crippen molar-refractivity contribution >= 4 is 5.88 Å². The second-order valence-electron chi connectivity index (χ2n) is 4.33. The molecule has 2 aliphatic rings. The first-order chi connectivity index (χ1) is 6.88. The minimum absolute atomic E-state index is 0.368. The molecule has 0 amide bonds. The highest BCUT2D eigenvalue weighted by molar-refractivity contribution is 5.37. The molecule has 0 aliphatic carbocycles. The zero-order valence-electron chi connectivity index (χ0n) is 8.20. The summed E-state index contributed by atoms with van der Waals surface area (Å²) < 4.78 is 5.17. The van der Waals surface area contributed by atoms with E-state index in [4.69, 9.17) is 4.52 Å². The molecular formula is C10H15N3O. The lowest BCUT2D eigenvalue weighted by Crippen LogP contribution is -2.42. The predicted molar refractivity (Wildman–Crippen MR) is 53.3 cm³/mol. The van der Waals surface area contributed by atoms with Crippen LogP contribution < -0.4 is 10.2 Å². The van der Waals surface area contributed by atoms with Crippen molar-refractivity contribution in [2.75, 3.05) is 24.5 Å². The van der Waals surface area contributed by atoms with Crippen molar-refractivity contribution in [2.24, 2.45) is 0 Å². The lowest BCUT2D eigenvalue weighted by Gasteiger charge is -2.23. The third-order valence-corrected chi connectivity index (χ3v) is 3.42. The summed E-state index contributed by atoms with van der Waals surface area (Å²) in [5.41, 5.74) is 0.368.